The summed E-state index contributed by atoms with van der Waals surface area (Å²) in [6, 6.07) is 0.574. The molecule has 1 N–H and O–H groups in total. The van der Waals surface area contributed by atoms with E-state index in [0.29, 0.717) is 18.4 Å². The van der Waals surface area contributed by atoms with Crippen LogP contribution in [-0.4, -0.2) is 35.1 Å². The summed E-state index contributed by atoms with van der Waals surface area (Å²) in [5, 5.41) is 8.83. The molecule has 1 heterocycles. The molecule has 1 aliphatic carbocycles. The van der Waals surface area contributed by atoms with Gasteiger partial charge in [-0.1, -0.05) is 12.2 Å². The van der Waals surface area contributed by atoms with Crippen LogP contribution in [0.1, 0.15) is 38.5 Å². The Morgan fingerprint density at radius 2 is 2.25 bits per heavy atom. The Hall–Kier alpha value is -0.830. The van der Waals surface area contributed by atoms with Gasteiger partial charge in [0, 0.05) is 19.0 Å². The van der Waals surface area contributed by atoms with Crippen LogP contribution in [0.5, 0.6) is 0 Å². The molecule has 1 aliphatic heterocycles. The number of piperidine rings is 1. The third-order valence-corrected chi connectivity index (χ3v) is 3.71. The molecule has 3 heteroatoms. The first-order valence-electron chi connectivity index (χ1n) is 6.38. The molecule has 0 aromatic rings. The lowest BCUT2D eigenvalue weighted by atomic mass is 9.92. The van der Waals surface area contributed by atoms with Crippen molar-refractivity contribution in [2.75, 3.05) is 13.1 Å². The van der Waals surface area contributed by atoms with Crippen LogP contribution in [0.3, 0.4) is 0 Å². The van der Waals surface area contributed by atoms with Crippen molar-refractivity contribution in [1.29, 1.82) is 0 Å². The molecule has 90 valence electrons. The topological polar surface area (TPSA) is 40.5 Å². The monoisotopic (exact) mass is 223 g/mol. The average molecular weight is 223 g/mol. The predicted molar refractivity (Wildman–Crippen MR) is 63.3 cm³/mol. The maximum atomic E-state index is 10.7. The fraction of sp³-hybridized carbons (Fsp3) is 0.769. The highest BCUT2D eigenvalue weighted by Crippen LogP contribution is 2.25. The van der Waals surface area contributed by atoms with Gasteiger partial charge in [-0.3, -0.25) is 9.69 Å². The minimum Gasteiger partial charge on any atom is -0.481 e. The molecular formula is C13H21NO2. The van der Waals surface area contributed by atoms with Crippen molar-refractivity contribution in [2.45, 2.75) is 44.6 Å². The quantitative estimate of drug-likeness (QED) is 0.746. The minimum atomic E-state index is -0.647. The Kier molecular flexibility index (Phi) is 3.99. The van der Waals surface area contributed by atoms with Crippen LogP contribution in [0.4, 0.5) is 0 Å². The van der Waals surface area contributed by atoms with E-state index in [0.717, 1.165) is 25.9 Å². The predicted octanol–water partition coefficient (Wildman–Crippen LogP) is 2.28. The second-order valence-electron chi connectivity index (χ2n) is 5.03. The zero-order valence-corrected chi connectivity index (χ0v) is 9.77. The Bertz CT molecular complexity index is 275. The van der Waals surface area contributed by atoms with Gasteiger partial charge in [0.15, 0.2) is 0 Å². The molecule has 2 aliphatic rings. The van der Waals surface area contributed by atoms with Crippen molar-refractivity contribution in [1.82, 2.24) is 4.90 Å². The van der Waals surface area contributed by atoms with Gasteiger partial charge in [-0.25, -0.2) is 0 Å². The smallest absolute Gasteiger partial charge is 0.303 e. The summed E-state index contributed by atoms with van der Waals surface area (Å²) in [6.07, 6.45) is 10.9. The number of carboxylic acids is 1. The summed E-state index contributed by atoms with van der Waals surface area (Å²) in [6.45, 7) is 2.12. The molecule has 2 unspecified atom stereocenters. The van der Waals surface area contributed by atoms with Crippen LogP contribution in [0, 0.1) is 5.92 Å². The van der Waals surface area contributed by atoms with Crippen molar-refractivity contribution in [2.24, 2.45) is 5.92 Å². The highest BCUT2D eigenvalue weighted by molar-refractivity contribution is 5.67. The zero-order chi connectivity index (χ0) is 11.4. The van der Waals surface area contributed by atoms with Crippen LogP contribution >= 0.6 is 0 Å². The number of rotatable bonds is 3. The van der Waals surface area contributed by atoms with Gasteiger partial charge >= 0.3 is 5.97 Å². The van der Waals surface area contributed by atoms with Crippen molar-refractivity contribution in [3.8, 4) is 0 Å². The summed E-state index contributed by atoms with van der Waals surface area (Å²) in [5.41, 5.74) is 0. The Balaban J connectivity index is 1.88. The largest absolute Gasteiger partial charge is 0.481 e. The number of likely N-dealkylation sites (tertiary alicyclic amines) is 1. The van der Waals surface area contributed by atoms with E-state index >= 15 is 0 Å². The molecule has 0 spiro atoms. The Morgan fingerprint density at radius 1 is 1.38 bits per heavy atom. The first kappa shape index (κ1) is 11.6. The van der Waals surface area contributed by atoms with Crippen molar-refractivity contribution >= 4 is 5.97 Å². The van der Waals surface area contributed by atoms with E-state index in [2.05, 4.69) is 17.1 Å². The van der Waals surface area contributed by atoms with Crippen molar-refractivity contribution < 1.29 is 9.90 Å². The van der Waals surface area contributed by atoms with Gasteiger partial charge in [0.05, 0.1) is 0 Å². The summed E-state index contributed by atoms with van der Waals surface area (Å²) in [5.74, 6) is -0.285. The fourth-order valence-electron chi connectivity index (χ4n) is 2.91. The number of hydrogen-bond donors (Lipinski definition) is 1. The molecule has 0 saturated carbocycles. The summed E-state index contributed by atoms with van der Waals surface area (Å²) >= 11 is 0. The third-order valence-electron chi connectivity index (χ3n) is 3.71. The molecule has 3 nitrogen and oxygen atoms in total. The summed E-state index contributed by atoms with van der Waals surface area (Å²) < 4.78 is 0. The van der Waals surface area contributed by atoms with Gasteiger partial charge in [-0.15, -0.1) is 0 Å². The SMILES string of the molecule is O=C(O)CC1CCCN(C2C=CCCC2)C1. The normalized spacial score (nSPS) is 31.5. The highest BCUT2D eigenvalue weighted by Gasteiger charge is 2.26. The number of hydrogen-bond acceptors (Lipinski definition) is 2. The molecule has 1 fully saturated rings. The molecule has 0 bridgehead atoms. The van der Waals surface area contributed by atoms with E-state index in [9.17, 15) is 4.79 Å². The molecular weight excluding hydrogens is 202 g/mol. The highest BCUT2D eigenvalue weighted by atomic mass is 16.4. The first-order valence-corrected chi connectivity index (χ1v) is 6.38. The molecule has 16 heavy (non-hydrogen) atoms. The molecule has 2 rings (SSSR count). The van der Waals surface area contributed by atoms with Gasteiger partial charge in [-0.2, -0.15) is 0 Å². The average Bonchev–Trinajstić information content (AvgIpc) is 2.30. The molecule has 0 amide bonds. The Morgan fingerprint density at radius 3 is 2.94 bits per heavy atom. The minimum absolute atomic E-state index is 0.340. The van der Waals surface area contributed by atoms with E-state index in [1.807, 2.05) is 0 Å². The lowest BCUT2D eigenvalue weighted by molar-refractivity contribution is -0.138. The van der Waals surface area contributed by atoms with Gasteiger partial charge in [0.1, 0.15) is 0 Å². The molecule has 0 aromatic carbocycles. The maximum absolute atomic E-state index is 10.7. The molecule has 0 radical (unpaired) electrons. The van der Waals surface area contributed by atoms with Crippen LogP contribution < -0.4 is 0 Å². The lowest BCUT2D eigenvalue weighted by Gasteiger charge is -2.37. The van der Waals surface area contributed by atoms with Crippen molar-refractivity contribution in [3.63, 3.8) is 0 Å². The van der Waals surface area contributed by atoms with Crippen molar-refractivity contribution in [3.05, 3.63) is 12.2 Å². The van der Waals surface area contributed by atoms with Crippen LogP contribution in [-0.2, 0) is 4.79 Å². The van der Waals surface area contributed by atoms with Crippen LogP contribution in [0.15, 0.2) is 12.2 Å². The second-order valence-corrected chi connectivity index (χ2v) is 5.03. The van der Waals surface area contributed by atoms with E-state index in [1.54, 1.807) is 0 Å². The third kappa shape index (κ3) is 3.08. The second kappa shape index (κ2) is 5.48. The van der Waals surface area contributed by atoms with Gasteiger partial charge < -0.3 is 5.11 Å². The standard InChI is InChI=1S/C13H21NO2/c15-13(16)9-11-5-4-8-14(10-11)12-6-2-1-3-7-12/h2,6,11-12H,1,3-5,7-10H2,(H,15,16). The van der Waals surface area contributed by atoms with Gasteiger partial charge in [0.2, 0.25) is 0 Å². The molecule has 1 saturated heterocycles. The number of aliphatic carboxylic acids is 1. The van der Waals surface area contributed by atoms with Gasteiger partial charge in [-0.05, 0) is 44.6 Å². The number of nitrogens with zero attached hydrogens (tertiary/aromatic N) is 1. The maximum Gasteiger partial charge on any atom is 0.303 e. The van der Waals surface area contributed by atoms with E-state index in [4.69, 9.17) is 5.11 Å². The Labute approximate surface area is 97.1 Å². The van der Waals surface area contributed by atoms with E-state index in [-0.39, 0.29) is 0 Å². The molecule has 0 aromatic heterocycles. The summed E-state index contributed by atoms with van der Waals surface area (Å²) in [4.78, 5) is 13.2. The molecule has 2 atom stereocenters. The van der Waals surface area contributed by atoms with E-state index < -0.39 is 5.97 Å². The first-order chi connectivity index (χ1) is 7.75. The number of allylic oxidation sites excluding steroid dienone is 1. The lowest BCUT2D eigenvalue weighted by Crippen LogP contribution is -2.42. The van der Waals surface area contributed by atoms with Gasteiger partial charge in [0.25, 0.3) is 0 Å². The zero-order valence-electron chi connectivity index (χ0n) is 9.77. The fourth-order valence-corrected chi connectivity index (χ4v) is 2.91. The van der Waals surface area contributed by atoms with Crippen LogP contribution in [0.25, 0.3) is 0 Å². The van der Waals surface area contributed by atoms with Crippen LogP contribution in [0.2, 0.25) is 0 Å². The number of carboxylic acid groups (broad SMARTS) is 1. The number of carbonyl (C=O) groups is 1. The van der Waals surface area contributed by atoms with E-state index in [1.165, 1.54) is 19.3 Å². The summed E-state index contributed by atoms with van der Waals surface area (Å²) in [7, 11) is 0.